The third kappa shape index (κ3) is 6.58. The number of rotatable bonds is 10. The Hall–Kier alpha value is -3.80. The minimum absolute atomic E-state index is 0.442. The summed E-state index contributed by atoms with van der Waals surface area (Å²) in [7, 11) is 0. The summed E-state index contributed by atoms with van der Waals surface area (Å²) in [6.07, 6.45) is 0. The summed E-state index contributed by atoms with van der Waals surface area (Å²) in [5.74, 6) is 3.99. The van der Waals surface area contributed by atoms with Gasteiger partial charge in [-0.3, -0.25) is 9.98 Å². The first-order valence-corrected chi connectivity index (χ1v) is 14.9. The number of ether oxygens (including phenoxy) is 2. The number of hydrogen-bond acceptors (Lipinski definition) is 6. The third-order valence-electron chi connectivity index (χ3n) is 7.85. The molecule has 0 spiro atoms. The number of hydrogen-bond donors (Lipinski definition) is 0. The molecule has 2 aliphatic heterocycles. The van der Waals surface area contributed by atoms with Gasteiger partial charge in [-0.2, -0.15) is 0 Å². The molecule has 216 valence electrons. The van der Waals surface area contributed by atoms with Crippen LogP contribution in [0.2, 0.25) is 0 Å². The summed E-state index contributed by atoms with van der Waals surface area (Å²) in [5, 5.41) is 0. The predicted molar refractivity (Wildman–Crippen MR) is 169 cm³/mol. The van der Waals surface area contributed by atoms with Crippen molar-refractivity contribution in [3.63, 3.8) is 0 Å². The van der Waals surface area contributed by atoms with Crippen molar-refractivity contribution in [1.82, 2.24) is 9.80 Å². The van der Waals surface area contributed by atoms with Crippen molar-refractivity contribution < 1.29 is 9.47 Å². The van der Waals surface area contributed by atoms with Gasteiger partial charge < -0.3 is 19.3 Å². The topological polar surface area (TPSA) is 49.7 Å². The minimum Gasteiger partial charge on any atom is -0.489 e. The molecule has 2 heterocycles. The molecule has 0 N–H and O–H groups in total. The molecule has 6 heteroatoms. The Morgan fingerprint density at radius 2 is 1.07 bits per heavy atom. The number of nitrogens with zero attached hydrogens (tertiary/aromatic N) is 4. The lowest BCUT2D eigenvalue weighted by Gasteiger charge is -2.25. The van der Waals surface area contributed by atoms with Crippen LogP contribution in [0.25, 0.3) is 0 Å². The second kappa shape index (κ2) is 12.4. The molecule has 0 saturated carbocycles. The molecular weight excluding hydrogens is 508 g/mol. The fourth-order valence-corrected chi connectivity index (χ4v) is 5.78. The van der Waals surface area contributed by atoms with Crippen LogP contribution in [0.4, 0.5) is 0 Å². The number of aryl methyl sites for hydroxylation is 3. The molecule has 0 aromatic heterocycles. The fourth-order valence-electron chi connectivity index (χ4n) is 5.78. The van der Waals surface area contributed by atoms with E-state index >= 15 is 0 Å². The van der Waals surface area contributed by atoms with Gasteiger partial charge in [0.1, 0.15) is 36.4 Å². The maximum Gasteiger partial charge on any atom is 0.131 e. The molecule has 0 bridgehead atoms. The van der Waals surface area contributed by atoms with Crippen LogP contribution in [-0.2, 0) is 13.2 Å². The van der Waals surface area contributed by atoms with Gasteiger partial charge >= 0.3 is 0 Å². The van der Waals surface area contributed by atoms with Crippen molar-refractivity contribution in [1.29, 1.82) is 0 Å². The van der Waals surface area contributed by atoms with E-state index in [1.165, 1.54) is 5.56 Å². The van der Waals surface area contributed by atoms with Crippen molar-refractivity contribution in [2.75, 3.05) is 26.2 Å². The fraction of sp³-hybridized carbons (Fsp3) is 0.429. The van der Waals surface area contributed by atoms with Gasteiger partial charge in [0.15, 0.2) is 0 Å². The van der Waals surface area contributed by atoms with E-state index in [9.17, 15) is 0 Å². The van der Waals surface area contributed by atoms with E-state index in [1.807, 2.05) is 0 Å². The highest BCUT2D eigenvalue weighted by atomic mass is 16.5. The van der Waals surface area contributed by atoms with E-state index in [-0.39, 0.29) is 0 Å². The average molecular weight is 553 g/mol. The van der Waals surface area contributed by atoms with Crippen molar-refractivity contribution in [2.45, 2.75) is 73.8 Å². The number of benzene rings is 3. The lowest BCUT2D eigenvalue weighted by Crippen LogP contribution is -2.34. The van der Waals surface area contributed by atoms with Gasteiger partial charge in [-0.25, -0.2) is 0 Å². The predicted octanol–water partition coefficient (Wildman–Crippen LogP) is 6.71. The summed E-state index contributed by atoms with van der Waals surface area (Å²) in [4.78, 5) is 14.2. The van der Waals surface area contributed by atoms with Crippen LogP contribution in [0.5, 0.6) is 11.5 Å². The molecule has 2 aliphatic rings. The monoisotopic (exact) mass is 552 g/mol. The van der Waals surface area contributed by atoms with Crippen molar-refractivity contribution in [3.05, 3.63) is 93.5 Å². The van der Waals surface area contributed by atoms with Crippen molar-refractivity contribution >= 4 is 11.7 Å². The molecule has 0 atom stereocenters. The van der Waals surface area contributed by atoms with Crippen LogP contribution in [0.3, 0.4) is 0 Å². The molecule has 41 heavy (non-hydrogen) atoms. The lowest BCUT2D eigenvalue weighted by molar-refractivity contribution is 0.297. The smallest absolute Gasteiger partial charge is 0.131 e. The highest BCUT2D eigenvalue weighted by Crippen LogP contribution is 2.26. The Morgan fingerprint density at radius 1 is 0.634 bits per heavy atom. The van der Waals surface area contributed by atoms with E-state index in [2.05, 4.69) is 113 Å². The molecular formula is C35H44N4O2. The standard InChI is InChI=1S/C35H44N4O2/c1-23(2)38-14-12-36-34(38)30-8-10-32(26(6)18-30)40-21-28-16-25(5)17-29(20-28)22-41-33-11-9-31(19-27(33)7)35-37-13-15-39(35)24(3)4/h8-11,16-20,23-24H,12-15,21-22H2,1-7H3. The quantitative estimate of drug-likeness (QED) is 0.281. The molecule has 0 radical (unpaired) electrons. The number of amidine groups is 2. The summed E-state index contributed by atoms with van der Waals surface area (Å²) < 4.78 is 12.6. The van der Waals surface area contributed by atoms with Crippen molar-refractivity contribution in [2.24, 2.45) is 9.98 Å². The Balaban J connectivity index is 1.22. The molecule has 3 aromatic carbocycles. The summed E-state index contributed by atoms with van der Waals surface area (Å²) in [6.45, 7) is 19.9. The van der Waals surface area contributed by atoms with Crippen LogP contribution in [0.1, 0.15) is 66.6 Å². The van der Waals surface area contributed by atoms with Gasteiger partial charge in [-0.15, -0.1) is 0 Å². The van der Waals surface area contributed by atoms with E-state index in [4.69, 9.17) is 19.5 Å². The van der Waals surface area contributed by atoms with E-state index in [0.29, 0.717) is 25.3 Å². The summed E-state index contributed by atoms with van der Waals surface area (Å²) in [6, 6.07) is 20.2. The summed E-state index contributed by atoms with van der Waals surface area (Å²) in [5.41, 5.74) is 8.04. The maximum atomic E-state index is 6.28. The molecule has 0 aliphatic carbocycles. The molecule has 0 saturated heterocycles. The second-order valence-electron chi connectivity index (χ2n) is 11.8. The lowest BCUT2D eigenvalue weighted by atomic mass is 10.1. The van der Waals surface area contributed by atoms with Crippen molar-refractivity contribution in [3.8, 4) is 11.5 Å². The van der Waals surface area contributed by atoms with Gasteiger partial charge in [0, 0.05) is 36.3 Å². The summed E-state index contributed by atoms with van der Waals surface area (Å²) >= 11 is 0. The Kier molecular flexibility index (Phi) is 8.67. The van der Waals surface area contributed by atoms with Crippen LogP contribution >= 0.6 is 0 Å². The van der Waals surface area contributed by atoms with Gasteiger partial charge in [0.2, 0.25) is 0 Å². The second-order valence-corrected chi connectivity index (χ2v) is 11.8. The molecule has 0 unspecified atom stereocenters. The van der Waals surface area contributed by atoms with Crippen LogP contribution < -0.4 is 9.47 Å². The van der Waals surface area contributed by atoms with Gasteiger partial charge in [-0.1, -0.05) is 17.7 Å². The van der Waals surface area contributed by atoms with Gasteiger partial charge in [0.05, 0.1) is 13.1 Å². The van der Waals surface area contributed by atoms with Gasteiger partial charge in [-0.05, 0) is 113 Å². The maximum absolute atomic E-state index is 6.28. The molecule has 0 fully saturated rings. The average Bonchev–Trinajstić information content (AvgIpc) is 3.62. The highest BCUT2D eigenvalue weighted by Gasteiger charge is 2.22. The van der Waals surface area contributed by atoms with Gasteiger partial charge in [0.25, 0.3) is 0 Å². The molecule has 0 amide bonds. The zero-order valence-corrected chi connectivity index (χ0v) is 25.7. The molecule has 3 aromatic rings. The number of aliphatic imine (C=N–C) groups is 2. The largest absolute Gasteiger partial charge is 0.489 e. The highest BCUT2D eigenvalue weighted by molar-refractivity contribution is 6.00. The zero-order chi connectivity index (χ0) is 29.1. The normalized spacial score (nSPS) is 15.1. The first kappa shape index (κ1) is 28.7. The van der Waals surface area contributed by atoms with Crippen LogP contribution in [0, 0.1) is 20.8 Å². The third-order valence-corrected chi connectivity index (χ3v) is 7.85. The minimum atomic E-state index is 0.442. The first-order chi connectivity index (χ1) is 19.7. The van der Waals surface area contributed by atoms with E-state index in [1.54, 1.807) is 0 Å². The van der Waals surface area contributed by atoms with E-state index < -0.39 is 0 Å². The Morgan fingerprint density at radius 3 is 1.46 bits per heavy atom. The van der Waals surface area contributed by atoms with Crippen LogP contribution in [0.15, 0.2) is 64.6 Å². The SMILES string of the molecule is Cc1cc(COc2ccc(C3=NCCN3C(C)C)cc2C)cc(COc2ccc(C3=NCCN3C(C)C)cc2C)c1. The Labute approximate surface area is 245 Å². The van der Waals surface area contributed by atoms with E-state index in [0.717, 1.165) is 82.7 Å². The van der Waals surface area contributed by atoms with Crippen LogP contribution in [-0.4, -0.2) is 59.7 Å². The first-order valence-electron chi connectivity index (χ1n) is 14.9. The molecule has 5 rings (SSSR count). The molecule has 6 nitrogen and oxygen atoms in total. The Bertz CT molecular complexity index is 1350. The zero-order valence-electron chi connectivity index (χ0n) is 25.7.